The van der Waals surface area contributed by atoms with Gasteiger partial charge in [0, 0.05) is 12.8 Å². The van der Waals surface area contributed by atoms with Crippen LogP contribution in [0.2, 0.25) is 0 Å². The zero-order chi connectivity index (χ0) is 12.4. The van der Waals surface area contributed by atoms with Crippen molar-refractivity contribution >= 4 is 17.7 Å². The molecule has 0 aromatic carbocycles. The van der Waals surface area contributed by atoms with Crippen molar-refractivity contribution in [2.45, 2.75) is 39.5 Å². The Kier molecular flexibility index (Phi) is 8.11. The third-order valence-corrected chi connectivity index (χ3v) is 1.88. The van der Waals surface area contributed by atoms with Gasteiger partial charge >= 0.3 is 5.97 Å². The summed E-state index contributed by atoms with van der Waals surface area (Å²) in [5.41, 5.74) is 0. The van der Waals surface area contributed by atoms with Gasteiger partial charge in [-0.15, -0.1) is 0 Å². The highest BCUT2D eigenvalue weighted by molar-refractivity contribution is 5.84. The first kappa shape index (κ1) is 14.6. The smallest absolute Gasteiger partial charge is 0.305 e. The highest BCUT2D eigenvalue weighted by Crippen LogP contribution is 1.97. The standard InChI is InChI=1S/C11H19NO4/c1-3-11(15)16-7-5-4-6-10(14)12-8-9(2)13/h3-8H2,1-2H3,(H,12,14). The molecule has 1 N–H and O–H groups in total. The highest BCUT2D eigenvalue weighted by atomic mass is 16.5. The molecule has 0 aromatic rings. The fourth-order valence-electron chi connectivity index (χ4n) is 0.987. The van der Waals surface area contributed by atoms with Crippen molar-refractivity contribution in [2.75, 3.05) is 13.2 Å². The molecule has 0 saturated heterocycles. The Morgan fingerprint density at radius 3 is 2.44 bits per heavy atom. The fourth-order valence-corrected chi connectivity index (χ4v) is 0.987. The summed E-state index contributed by atoms with van der Waals surface area (Å²) in [5, 5.41) is 2.50. The average Bonchev–Trinajstić information content (AvgIpc) is 2.25. The third-order valence-electron chi connectivity index (χ3n) is 1.88. The molecule has 5 nitrogen and oxygen atoms in total. The van der Waals surface area contributed by atoms with Crippen molar-refractivity contribution in [1.82, 2.24) is 5.32 Å². The van der Waals surface area contributed by atoms with Gasteiger partial charge in [-0.25, -0.2) is 0 Å². The molecule has 0 atom stereocenters. The van der Waals surface area contributed by atoms with E-state index in [2.05, 4.69) is 5.32 Å². The van der Waals surface area contributed by atoms with Crippen LogP contribution in [-0.2, 0) is 19.1 Å². The van der Waals surface area contributed by atoms with Crippen LogP contribution in [0.1, 0.15) is 39.5 Å². The molecule has 92 valence electrons. The number of nitrogens with one attached hydrogen (secondary N) is 1. The molecule has 0 saturated carbocycles. The Balaban J connectivity index is 3.34. The minimum absolute atomic E-state index is 0.0646. The molecule has 0 aliphatic heterocycles. The molecule has 0 fully saturated rings. The lowest BCUT2D eigenvalue weighted by atomic mass is 10.2. The van der Waals surface area contributed by atoms with Gasteiger partial charge in [-0.05, 0) is 19.8 Å². The topological polar surface area (TPSA) is 72.5 Å². The summed E-state index contributed by atoms with van der Waals surface area (Å²) in [6.07, 6.45) is 2.05. The van der Waals surface area contributed by atoms with E-state index in [1.54, 1.807) is 6.92 Å². The fraction of sp³-hybridized carbons (Fsp3) is 0.727. The van der Waals surface area contributed by atoms with Gasteiger partial charge < -0.3 is 10.1 Å². The Morgan fingerprint density at radius 1 is 1.19 bits per heavy atom. The van der Waals surface area contributed by atoms with Crippen LogP contribution in [0, 0.1) is 0 Å². The number of amides is 1. The summed E-state index contributed by atoms with van der Waals surface area (Å²) >= 11 is 0. The molecule has 0 bridgehead atoms. The second-order valence-electron chi connectivity index (χ2n) is 3.51. The molecular formula is C11H19NO4. The summed E-state index contributed by atoms with van der Waals surface area (Å²) in [4.78, 5) is 32.4. The van der Waals surface area contributed by atoms with Gasteiger partial charge in [0.1, 0.15) is 5.78 Å². The summed E-state index contributed by atoms with van der Waals surface area (Å²) < 4.78 is 4.85. The number of ketones is 1. The van der Waals surface area contributed by atoms with E-state index in [0.29, 0.717) is 32.3 Å². The predicted molar refractivity (Wildman–Crippen MR) is 58.8 cm³/mol. The molecule has 16 heavy (non-hydrogen) atoms. The van der Waals surface area contributed by atoms with Crippen molar-refractivity contribution in [2.24, 2.45) is 0 Å². The highest BCUT2D eigenvalue weighted by Gasteiger charge is 2.02. The molecule has 0 unspecified atom stereocenters. The zero-order valence-corrected chi connectivity index (χ0v) is 9.88. The predicted octanol–water partition coefficient (Wildman–Crippen LogP) is 0.815. The van der Waals surface area contributed by atoms with E-state index in [4.69, 9.17) is 4.74 Å². The van der Waals surface area contributed by atoms with Crippen molar-refractivity contribution in [3.05, 3.63) is 0 Å². The van der Waals surface area contributed by atoms with Crippen LogP contribution in [0.15, 0.2) is 0 Å². The van der Waals surface area contributed by atoms with E-state index < -0.39 is 0 Å². The normalized spacial score (nSPS) is 9.62. The molecule has 0 rings (SSSR count). The molecule has 5 heteroatoms. The number of rotatable bonds is 8. The molecular weight excluding hydrogens is 210 g/mol. The summed E-state index contributed by atoms with van der Waals surface area (Å²) in [6.45, 7) is 3.60. The number of Topliss-reactive ketones (excluding diaryl/α,β-unsaturated/α-hetero) is 1. The van der Waals surface area contributed by atoms with Crippen LogP contribution < -0.4 is 5.32 Å². The largest absolute Gasteiger partial charge is 0.466 e. The molecule has 0 aliphatic carbocycles. The van der Waals surface area contributed by atoms with Gasteiger partial charge in [-0.2, -0.15) is 0 Å². The van der Waals surface area contributed by atoms with E-state index in [-0.39, 0.29) is 24.2 Å². The van der Waals surface area contributed by atoms with Crippen molar-refractivity contribution < 1.29 is 19.1 Å². The Hall–Kier alpha value is -1.39. The maximum absolute atomic E-state index is 11.1. The first-order chi connectivity index (χ1) is 7.56. The third kappa shape index (κ3) is 9.18. The Labute approximate surface area is 95.5 Å². The SMILES string of the molecule is CCC(=O)OCCCCC(=O)NCC(C)=O. The number of carbonyl (C=O) groups excluding carboxylic acids is 3. The van der Waals surface area contributed by atoms with Gasteiger partial charge in [0.15, 0.2) is 0 Å². The maximum atomic E-state index is 11.1. The van der Waals surface area contributed by atoms with Crippen LogP contribution in [0.25, 0.3) is 0 Å². The lowest BCUT2D eigenvalue weighted by Gasteiger charge is -2.04. The summed E-state index contributed by atoms with van der Waals surface area (Å²) in [5.74, 6) is -0.428. The lowest BCUT2D eigenvalue weighted by Crippen LogP contribution is -2.27. The van der Waals surface area contributed by atoms with E-state index >= 15 is 0 Å². The van der Waals surface area contributed by atoms with E-state index in [9.17, 15) is 14.4 Å². The van der Waals surface area contributed by atoms with E-state index in [1.807, 2.05) is 0 Å². The zero-order valence-electron chi connectivity index (χ0n) is 9.88. The van der Waals surface area contributed by atoms with E-state index in [1.165, 1.54) is 6.92 Å². The molecule has 0 spiro atoms. The second-order valence-corrected chi connectivity index (χ2v) is 3.51. The molecule has 0 radical (unpaired) electrons. The first-order valence-electron chi connectivity index (χ1n) is 5.48. The minimum atomic E-state index is -0.221. The minimum Gasteiger partial charge on any atom is -0.466 e. The Bertz CT molecular complexity index is 250. The first-order valence-corrected chi connectivity index (χ1v) is 5.48. The van der Waals surface area contributed by atoms with Crippen LogP contribution in [0.5, 0.6) is 0 Å². The molecule has 0 heterocycles. The van der Waals surface area contributed by atoms with E-state index in [0.717, 1.165) is 0 Å². The van der Waals surface area contributed by atoms with Gasteiger partial charge in [0.05, 0.1) is 13.2 Å². The number of ether oxygens (including phenoxy) is 1. The van der Waals surface area contributed by atoms with Crippen molar-refractivity contribution in [3.8, 4) is 0 Å². The van der Waals surface area contributed by atoms with Crippen molar-refractivity contribution in [1.29, 1.82) is 0 Å². The summed E-state index contributed by atoms with van der Waals surface area (Å²) in [7, 11) is 0. The maximum Gasteiger partial charge on any atom is 0.305 e. The quantitative estimate of drug-likeness (QED) is 0.494. The molecule has 0 aliphatic rings. The van der Waals surface area contributed by atoms with Crippen LogP contribution >= 0.6 is 0 Å². The monoisotopic (exact) mass is 229 g/mol. The van der Waals surface area contributed by atoms with Crippen LogP contribution in [0.4, 0.5) is 0 Å². The van der Waals surface area contributed by atoms with Gasteiger partial charge in [-0.1, -0.05) is 6.92 Å². The number of esters is 1. The van der Waals surface area contributed by atoms with Crippen LogP contribution in [0.3, 0.4) is 0 Å². The van der Waals surface area contributed by atoms with Crippen LogP contribution in [-0.4, -0.2) is 30.8 Å². The van der Waals surface area contributed by atoms with Gasteiger partial charge in [-0.3, -0.25) is 14.4 Å². The molecule has 1 amide bonds. The van der Waals surface area contributed by atoms with Gasteiger partial charge in [0.25, 0.3) is 0 Å². The lowest BCUT2D eigenvalue weighted by molar-refractivity contribution is -0.143. The number of carbonyl (C=O) groups is 3. The van der Waals surface area contributed by atoms with Crippen molar-refractivity contribution in [3.63, 3.8) is 0 Å². The number of hydrogen-bond acceptors (Lipinski definition) is 4. The van der Waals surface area contributed by atoms with Gasteiger partial charge in [0.2, 0.25) is 5.91 Å². The summed E-state index contributed by atoms with van der Waals surface area (Å²) in [6, 6.07) is 0. The number of unbranched alkanes of at least 4 members (excludes halogenated alkanes) is 1. The Morgan fingerprint density at radius 2 is 1.88 bits per heavy atom. The average molecular weight is 229 g/mol. The number of hydrogen-bond donors (Lipinski definition) is 1. The second kappa shape index (κ2) is 8.88. The molecule has 0 aromatic heterocycles.